The Balaban J connectivity index is 2.61. The SMILES string of the molecule is CCOP(Cl)c1ccccc1. The Hall–Kier alpha value is -0.100. The number of hydrogen-bond donors (Lipinski definition) is 0. The Morgan fingerprint density at radius 1 is 1.36 bits per heavy atom. The molecule has 3 heteroatoms. The molecule has 1 rings (SSSR count). The second-order valence-electron chi connectivity index (χ2n) is 2.00. The molecule has 0 aliphatic heterocycles. The second-order valence-corrected chi connectivity index (χ2v) is 4.18. The normalized spacial score (nSPS) is 12.9. The summed E-state index contributed by atoms with van der Waals surface area (Å²) in [6.45, 7) is 2.62. The van der Waals surface area contributed by atoms with Crippen LogP contribution < -0.4 is 5.30 Å². The topological polar surface area (TPSA) is 9.23 Å². The van der Waals surface area contributed by atoms with Gasteiger partial charge < -0.3 is 4.52 Å². The fourth-order valence-corrected chi connectivity index (χ4v) is 2.15. The summed E-state index contributed by atoms with van der Waals surface area (Å²) in [5.74, 6) is 0. The maximum atomic E-state index is 5.95. The molecule has 0 N–H and O–H groups in total. The number of halogens is 1. The zero-order valence-electron chi connectivity index (χ0n) is 6.33. The number of rotatable bonds is 3. The van der Waals surface area contributed by atoms with Gasteiger partial charge in [-0.3, -0.25) is 0 Å². The van der Waals surface area contributed by atoms with Crippen LogP contribution in [0.1, 0.15) is 6.92 Å². The van der Waals surface area contributed by atoms with Crippen molar-refractivity contribution < 1.29 is 4.52 Å². The van der Waals surface area contributed by atoms with Gasteiger partial charge in [0.1, 0.15) is 0 Å². The van der Waals surface area contributed by atoms with Crippen LogP contribution >= 0.6 is 18.7 Å². The summed E-state index contributed by atoms with van der Waals surface area (Å²) >= 11 is 5.95. The van der Waals surface area contributed by atoms with Gasteiger partial charge in [-0.05, 0) is 6.92 Å². The van der Waals surface area contributed by atoms with Gasteiger partial charge in [-0.15, -0.1) is 0 Å². The maximum Gasteiger partial charge on any atom is 0.157 e. The third kappa shape index (κ3) is 2.78. The summed E-state index contributed by atoms with van der Waals surface area (Å²) in [5.41, 5.74) is 0. The summed E-state index contributed by atoms with van der Waals surface area (Å²) < 4.78 is 5.26. The fourth-order valence-electron chi connectivity index (χ4n) is 0.733. The lowest BCUT2D eigenvalue weighted by molar-refractivity contribution is 0.390. The highest BCUT2D eigenvalue weighted by molar-refractivity contribution is 7.86. The molecule has 0 bridgehead atoms. The van der Waals surface area contributed by atoms with E-state index >= 15 is 0 Å². The third-order valence-corrected chi connectivity index (χ3v) is 3.27. The van der Waals surface area contributed by atoms with Gasteiger partial charge in [-0.25, -0.2) is 0 Å². The van der Waals surface area contributed by atoms with E-state index in [0.29, 0.717) is 6.61 Å². The predicted octanol–water partition coefficient (Wildman–Crippen LogP) is 2.90. The van der Waals surface area contributed by atoms with E-state index in [1.807, 2.05) is 37.3 Å². The van der Waals surface area contributed by atoms with E-state index in [-0.39, 0.29) is 0 Å². The first kappa shape index (κ1) is 8.99. The highest BCUT2D eigenvalue weighted by atomic mass is 35.7. The van der Waals surface area contributed by atoms with E-state index in [1.165, 1.54) is 0 Å². The largest absolute Gasteiger partial charge is 0.340 e. The lowest BCUT2D eigenvalue weighted by Gasteiger charge is -2.07. The van der Waals surface area contributed by atoms with Crippen LogP contribution in [-0.4, -0.2) is 6.61 Å². The Morgan fingerprint density at radius 3 is 2.55 bits per heavy atom. The molecule has 0 saturated carbocycles. The summed E-state index contributed by atoms with van der Waals surface area (Å²) in [6, 6.07) is 9.86. The molecule has 1 aromatic carbocycles. The molecule has 60 valence electrons. The van der Waals surface area contributed by atoms with Crippen LogP contribution in [0.15, 0.2) is 30.3 Å². The Labute approximate surface area is 73.0 Å². The Morgan fingerprint density at radius 2 is 2.00 bits per heavy atom. The number of benzene rings is 1. The predicted molar refractivity (Wildman–Crippen MR) is 50.5 cm³/mol. The van der Waals surface area contributed by atoms with Crippen molar-refractivity contribution in [2.45, 2.75) is 6.92 Å². The molecule has 0 amide bonds. The molecule has 0 fully saturated rings. The fraction of sp³-hybridized carbons (Fsp3) is 0.250. The van der Waals surface area contributed by atoms with Crippen molar-refractivity contribution >= 4 is 24.0 Å². The molecule has 1 nitrogen and oxygen atoms in total. The molecular formula is C8H10ClOP. The first-order chi connectivity index (χ1) is 5.34. The summed E-state index contributed by atoms with van der Waals surface area (Å²) in [7, 11) is -0.904. The average molecular weight is 189 g/mol. The van der Waals surface area contributed by atoms with Gasteiger partial charge in [0.05, 0.1) is 0 Å². The lowest BCUT2D eigenvalue weighted by Crippen LogP contribution is -1.97. The van der Waals surface area contributed by atoms with Gasteiger partial charge >= 0.3 is 0 Å². The first-order valence-electron chi connectivity index (χ1n) is 3.48. The van der Waals surface area contributed by atoms with Crippen LogP contribution in [0.5, 0.6) is 0 Å². The van der Waals surface area contributed by atoms with Crippen molar-refractivity contribution in [3.05, 3.63) is 30.3 Å². The molecule has 0 aromatic heterocycles. The quantitative estimate of drug-likeness (QED) is 0.663. The molecule has 11 heavy (non-hydrogen) atoms. The van der Waals surface area contributed by atoms with Crippen LogP contribution in [0, 0.1) is 0 Å². The van der Waals surface area contributed by atoms with E-state index in [2.05, 4.69) is 0 Å². The van der Waals surface area contributed by atoms with Crippen LogP contribution in [0.2, 0.25) is 0 Å². The van der Waals surface area contributed by atoms with Gasteiger partial charge in [0.15, 0.2) is 7.50 Å². The molecule has 1 atom stereocenters. The van der Waals surface area contributed by atoms with E-state index < -0.39 is 7.50 Å². The highest BCUT2D eigenvalue weighted by Gasteiger charge is 2.05. The summed E-state index contributed by atoms with van der Waals surface area (Å²) in [6.07, 6.45) is 0. The van der Waals surface area contributed by atoms with Crippen LogP contribution in [0.4, 0.5) is 0 Å². The van der Waals surface area contributed by atoms with Crippen LogP contribution in [0.3, 0.4) is 0 Å². The molecule has 0 spiro atoms. The maximum absolute atomic E-state index is 5.95. The van der Waals surface area contributed by atoms with Crippen molar-refractivity contribution in [1.82, 2.24) is 0 Å². The van der Waals surface area contributed by atoms with Crippen molar-refractivity contribution in [1.29, 1.82) is 0 Å². The molecule has 0 heterocycles. The molecule has 1 unspecified atom stereocenters. The molecular weight excluding hydrogens is 179 g/mol. The lowest BCUT2D eigenvalue weighted by atomic mass is 10.4. The van der Waals surface area contributed by atoms with Gasteiger partial charge in [-0.1, -0.05) is 41.6 Å². The smallest absolute Gasteiger partial charge is 0.157 e. The van der Waals surface area contributed by atoms with E-state index in [0.717, 1.165) is 5.30 Å². The number of hydrogen-bond acceptors (Lipinski definition) is 1. The van der Waals surface area contributed by atoms with Crippen LogP contribution in [0.25, 0.3) is 0 Å². The van der Waals surface area contributed by atoms with Gasteiger partial charge in [-0.2, -0.15) is 0 Å². The molecule has 0 aliphatic carbocycles. The first-order valence-corrected chi connectivity index (χ1v) is 5.65. The minimum absolute atomic E-state index is 0.671. The minimum Gasteiger partial charge on any atom is -0.340 e. The second kappa shape index (κ2) is 4.71. The van der Waals surface area contributed by atoms with E-state index in [1.54, 1.807) is 0 Å². The average Bonchev–Trinajstić information content (AvgIpc) is 2.07. The molecule has 1 aromatic rings. The zero-order valence-corrected chi connectivity index (χ0v) is 7.98. The van der Waals surface area contributed by atoms with Crippen molar-refractivity contribution in [2.24, 2.45) is 0 Å². The Bertz CT molecular complexity index is 203. The minimum atomic E-state index is -0.904. The van der Waals surface area contributed by atoms with Gasteiger partial charge in [0, 0.05) is 11.9 Å². The van der Waals surface area contributed by atoms with Crippen molar-refractivity contribution in [3.8, 4) is 0 Å². The summed E-state index contributed by atoms with van der Waals surface area (Å²) in [5, 5.41) is 1.08. The molecule has 0 aliphatic rings. The van der Waals surface area contributed by atoms with Crippen LogP contribution in [-0.2, 0) is 4.52 Å². The Kier molecular flexibility index (Phi) is 3.85. The molecule has 0 radical (unpaired) electrons. The highest BCUT2D eigenvalue weighted by Crippen LogP contribution is 2.40. The monoisotopic (exact) mass is 188 g/mol. The zero-order chi connectivity index (χ0) is 8.10. The van der Waals surface area contributed by atoms with E-state index in [9.17, 15) is 0 Å². The third-order valence-electron chi connectivity index (χ3n) is 1.20. The van der Waals surface area contributed by atoms with Crippen molar-refractivity contribution in [3.63, 3.8) is 0 Å². The molecule has 0 saturated heterocycles. The van der Waals surface area contributed by atoms with Gasteiger partial charge in [0.2, 0.25) is 0 Å². The standard InChI is InChI=1S/C8H10ClOP/c1-2-10-11(9)8-6-4-3-5-7-8/h3-7H,2H2,1H3. The van der Waals surface area contributed by atoms with Gasteiger partial charge in [0.25, 0.3) is 0 Å². The van der Waals surface area contributed by atoms with Crippen molar-refractivity contribution in [2.75, 3.05) is 6.61 Å². The van der Waals surface area contributed by atoms with E-state index in [4.69, 9.17) is 15.8 Å². The summed E-state index contributed by atoms with van der Waals surface area (Å²) in [4.78, 5) is 0.